The lowest BCUT2D eigenvalue weighted by Crippen LogP contribution is -2.24. The molecule has 1 aromatic heterocycles. The average molecular weight is 329 g/mol. The molecule has 0 bridgehead atoms. The van der Waals surface area contributed by atoms with Gasteiger partial charge in [-0.15, -0.1) is 0 Å². The zero-order valence-electron chi connectivity index (χ0n) is 12.6. The summed E-state index contributed by atoms with van der Waals surface area (Å²) < 4.78 is 27.8. The third-order valence-corrected chi connectivity index (χ3v) is 3.67. The molecule has 3 rings (SSSR count). The van der Waals surface area contributed by atoms with E-state index in [2.05, 4.69) is 5.32 Å². The molecule has 0 radical (unpaired) electrons. The third kappa shape index (κ3) is 2.60. The Balaban J connectivity index is 2.07. The van der Waals surface area contributed by atoms with E-state index in [4.69, 9.17) is 5.73 Å². The number of rotatable bonds is 2. The molecule has 0 unspecified atom stereocenters. The van der Waals surface area contributed by atoms with Crippen LogP contribution in [0.2, 0.25) is 0 Å². The maximum absolute atomic E-state index is 13.2. The number of aromatic nitrogens is 1. The first-order valence-corrected chi connectivity index (χ1v) is 7.02. The van der Waals surface area contributed by atoms with Crippen molar-refractivity contribution in [3.8, 4) is 0 Å². The topological polar surface area (TPSA) is 77.1 Å². The van der Waals surface area contributed by atoms with Crippen molar-refractivity contribution in [2.24, 2.45) is 7.05 Å². The molecule has 2 aromatic carbocycles. The summed E-state index contributed by atoms with van der Waals surface area (Å²) in [5.41, 5.74) is 6.07. The third-order valence-electron chi connectivity index (χ3n) is 3.67. The molecule has 122 valence electrons. The largest absolute Gasteiger partial charge is 0.398 e. The van der Waals surface area contributed by atoms with Gasteiger partial charge in [0, 0.05) is 30.7 Å². The zero-order chi connectivity index (χ0) is 17.4. The van der Waals surface area contributed by atoms with Crippen LogP contribution in [0.4, 0.5) is 20.2 Å². The molecule has 0 aliphatic carbocycles. The number of amides is 1. The summed E-state index contributed by atoms with van der Waals surface area (Å²) in [7, 11) is 1.68. The van der Waals surface area contributed by atoms with E-state index in [9.17, 15) is 18.4 Å². The molecule has 5 nitrogen and oxygen atoms in total. The number of hydrogen-bond acceptors (Lipinski definition) is 3. The van der Waals surface area contributed by atoms with Crippen molar-refractivity contribution in [3.63, 3.8) is 0 Å². The zero-order valence-corrected chi connectivity index (χ0v) is 12.6. The minimum absolute atomic E-state index is 0.0436. The predicted octanol–water partition coefficient (Wildman–Crippen LogP) is 2.65. The number of carbonyl (C=O) groups excluding carboxylic acids is 1. The Labute approximate surface area is 135 Å². The number of pyridine rings is 1. The van der Waals surface area contributed by atoms with Crippen molar-refractivity contribution in [1.82, 2.24) is 4.57 Å². The molecule has 0 saturated carbocycles. The first-order chi connectivity index (χ1) is 11.4. The standard InChI is InChI=1S/C17H13F2N3O2/c1-22-8-10(16(23)15-13(20)3-2-4-14(15)22)17(24)21-9-5-6-11(18)12(19)7-9/h2-8H,20H2,1H3,(H,21,24). The lowest BCUT2D eigenvalue weighted by Gasteiger charge is -2.11. The molecule has 7 heteroatoms. The Morgan fingerprint density at radius 2 is 1.92 bits per heavy atom. The summed E-state index contributed by atoms with van der Waals surface area (Å²) in [6.07, 6.45) is 1.37. The number of halogens is 2. The lowest BCUT2D eigenvalue weighted by molar-refractivity contribution is 0.102. The molecule has 0 spiro atoms. The van der Waals surface area contributed by atoms with Crippen LogP contribution in [0, 0.1) is 11.6 Å². The van der Waals surface area contributed by atoms with Crippen molar-refractivity contribution in [2.45, 2.75) is 0 Å². The van der Waals surface area contributed by atoms with Gasteiger partial charge in [0.25, 0.3) is 5.91 Å². The monoisotopic (exact) mass is 329 g/mol. The Morgan fingerprint density at radius 1 is 1.17 bits per heavy atom. The van der Waals surface area contributed by atoms with Crippen molar-refractivity contribution in [2.75, 3.05) is 11.1 Å². The van der Waals surface area contributed by atoms with Gasteiger partial charge in [0.1, 0.15) is 5.56 Å². The molecule has 0 fully saturated rings. The number of fused-ring (bicyclic) bond motifs is 1. The van der Waals surface area contributed by atoms with Gasteiger partial charge in [0.2, 0.25) is 5.43 Å². The molecule has 1 amide bonds. The molecule has 3 aromatic rings. The number of nitrogens with zero attached hydrogens (tertiary/aromatic N) is 1. The maximum atomic E-state index is 13.2. The Bertz CT molecular complexity index is 1030. The van der Waals surface area contributed by atoms with Crippen LogP contribution in [0.1, 0.15) is 10.4 Å². The smallest absolute Gasteiger partial charge is 0.261 e. The minimum Gasteiger partial charge on any atom is -0.398 e. The van der Waals surface area contributed by atoms with Gasteiger partial charge in [-0.25, -0.2) is 8.78 Å². The van der Waals surface area contributed by atoms with Crippen molar-refractivity contribution < 1.29 is 13.6 Å². The van der Waals surface area contributed by atoms with Crippen molar-refractivity contribution in [1.29, 1.82) is 0 Å². The Hall–Kier alpha value is -3.22. The van der Waals surface area contributed by atoms with E-state index in [1.54, 1.807) is 29.8 Å². The van der Waals surface area contributed by atoms with Gasteiger partial charge in [-0.2, -0.15) is 0 Å². The van der Waals surface area contributed by atoms with E-state index in [1.807, 2.05) is 0 Å². The quantitative estimate of drug-likeness (QED) is 0.710. The van der Waals surface area contributed by atoms with Crippen LogP contribution in [-0.2, 0) is 7.05 Å². The van der Waals surface area contributed by atoms with E-state index >= 15 is 0 Å². The van der Waals surface area contributed by atoms with Gasteiger partial charge in [0.05, 0.1) is 10.9 Å². The predicted molar refractivity (Wildman–Crippen MR) is 87.9 cm³/mol. The van der Waals surface area contributed by atoms with E-state index in [0.717, 1.165) is 12.1 Å². The molecule has 0 aliphatic rings. The highest BCUT2D eigenvalue weighted by molar-refractivity contribution is 6.06. The second kappa shape index (κ2) is 5.77. The first-order valence-electron chi connectivity index (χ1n) is 7.02. The Kier molecular flexibility index (Phi) is 3.76. The van der Waals surface area contributed by atoms with Crippen LogP contribution in [0.3, 0.4) is 0 Å². The van der Waals surface area contributed by atoms with E-state index in [0.29, 0.717) is 5.52 Å². The summed E-state index contributed by atoms with van der Waals surface area (Å²) >= 11 is 0. The fourth-order valence-electron chi connectivity index (χ4n) is 2.49. The molecule has 0 aliphatic heterocycles. The number of carbonyl (C=O) groups is 1. The lowest BCUT2D eigenvalue weighted by atomic mass is 10.1. The van der Waals surface area contributed by atoms with Gasteiger partial charge >= 0.3 is 0 Å². The van der Waals surface area contributed by atoms with E-state index in [-0.39, 0.29) is 22.3 Å². The summed E-state index contributed by atoms with van der Waals surface area (Å²) in [4.78, 5) is 24.9. The fraction of sp³-hybridized carbons (Fsp3) is 0.0588. The van der Waals surface area contributed by atoms with Gasteiger partial charge in [-0.3, -0.25) is 9.59 Å². The Morgan fingerprint density at radius 3 is 2.62 bits per heavy atom. The minimum atomic E-state index is -1.09. The summed E-state index contributed by atoms with van der Waals surface area (Å²) in [5.74, 6) is -2.85. The van der Waals surface area contributed by atoms with Gasteiger partial charge in [-0.05, 0) is 24.3 Å². The van der Waals surface area contributed by atoms with Crippen LogP contribution in [0.15, 0.2) is 47.4 Å². The molecule has 24 heavy (non-hydrogen) atoms. The van der Waals surface area contributed by atoms with E-state index in [1.165, 1.54) is 12.3 Å². The molecule has 0 atom stereocenters. The van der Waals surface area contributed by atoms with Gasteiger partial charge in [-0.1, -0.05) is 6.07 Å². The number of hydrogen-bond donors (Lipinski definition) is 2. The van der Waals surface area contributed by atoms with Crippen LogP contribution < -0.4 is 16.5 Å². The molecule has 0 saturated heterocycles. The number of nitrogens with one attached hydrogen (secondary N) is 1. The first kappa shape index (κ1) is 15.7. The summed E-state index contributed by atoms with van der Waals surface area (Å²) in [6.45, 7) is 0. The second-order valence-electron chi connectivity index (χ2n) is 5.31. The van der Waals surface area contributed by atoms with Gasteiger partial charge in [0.15, 0.2) is 11.6 Å². The van der Waals surface area contributed by atoms with Crippen LogP contribution in [-0.4, -0.2) is 10.5 Å². The normalized spacial score (nSPS) is 10.8. The highest BCUT2D eigenvalue weighted by atomic mass is 19.2. The average Bonchev–Trinajstić information content (AvgIpc) is 2.54. The highest BCUT2D eigenvalue weighted by Crippen LogP contribution is 2.18. The van der Waals surface area contributed by atoms with Crippen LogP contribution in [0.5, 0.6) is 0 Å². The van der Waals surface area contributed by atoms with Gasteiger partial charge < -0.3 is 15.6 Å². The van der Waals surface area contributed by atoms with E-state index < -0.39 is 23.0 Å². The number of benzene rings is 2. The fourth-order valence-corrected chi connectivity index (χ4v) is 2.49. The molecule has 3 N–H and O–H groups in total. The maximum Gasteiger partial charge on any atom is 0.261 e. The number of nitrogens with two attached hydrogens (primary N) is 1. The highest BCUT2D eigenvalue weighted by Gasteiger charge is 2.16. The van der Waals surface area contributed by atoms with Crippen LogP contribution in [0.25, 0.3) is 10.9 Å². The number of nitrogen functional groups attached to an aromatic ring is 1. The molecular formula is C17H13F2N3O2. The molecule has 1 heterocycles. The van der Waals surface area contributed by atoms with Crippen molar-refractivity contribution >= 4 is 28.2 Å². The number of aryl methyl sites for hydroxylation is 1. The van der Waals surface area contributed by atoms with Crippen molar-refractivity contribution in [3.05, 3.63) is 70.0 Å². The summed E-state index contributed by atoms with van der Waals surface area (Å²) in [5, 5.41) is 2.61. The second-order valence-corrected chi connectivity index (χ2v) is 5.31. The SMILES string of the molecule is Cn1cc(C(=O)Nc2ccc(F)c(F)c2)c(=O)c2c(N)cccc21. The molecular weight excluding hydrogens is 316 g/mol. The summed E-state index contributed by atoms with van der Waals surface area (Å²) in [6, 6.07) is 7.92. The van der Waals surface area contributed by atoms with Crippen LogP contribution >= 0.6 is 0 Å². The number of anilines is 2.